The molecule has 2 rings (SSSR count). The predicted octanol–water partition coefficient (Wildman–Crippen LogP) is -0.403. The van der Waals surface area contributed by atoms with E-state index in [0.717, 1.165) is 31.7 Å². The zero-order valence-corrected chi connectivity index (χ0v) is 10.3. The first-order valence-electron chi connectivity index (χ1n) is 5.63. The predicted molar refractivity (Wildman–Crippen MR) is 64.8 cm³/mol. The lowest BCUT2D eigenvalue weighted by Gasteiger charge is -2.35. The van der Waals surface area contributed by atoms with Gasteiger partial charge in [-0.15, -0.1) is 0 Å². The highest BCUT2D eigenvalue weighted by Gasteiger charge is 2.38. The van der Waals surface area contributed by atoms with E-state index < -0.39 is 8.72 Å². The minimum atomic E-state index is -3.25. The van der Waals surface area contributed by atoms with Crippen molar-refractivity contribution in [2.24, 2.45) is 0 Å². The summed E-state index contributed by atoms with van der Waals surface area (Å²) in [5, 5.41) is 3.21. The van der Waals surface area contributed by atoms with E-state index in [1.807, 2.05) is 34.9 Å². The van der Waals surface area contributed by atoms with E-state index in [-0.39, 0.29) is 0 Å². The van der Waals surface area contributed by atoms with Crippen LogP contribution in [0, 0.1) is 0 Å². The highest BCUT2D eigenvalue weighted by molar-refractivity contribution is 6.61. The van der Waals surface area contributed by atoms with Crippen molar-refractivity contribution in [3.63, 3.8) is 0 Å². The van der Waals surface area contributed by atoms with Crippen LogP contribution >= 0.6 is 0 Å². The topological polar surface area (TPSA) is 55.7 Å². The molecule has 1 saturated heterocycles. The van der Waals surface area contributed by atoms with Crippen LogP contribution in [0.25, 0.3) is 0 Å². The van der Waals surface area contributed by atoms with Gasteiger partial charge in [0.15, 0.2) is 0 Å². The van der Waals surface area contributed by atoms with Crippen LogP contribution in [0.3, 0.4) is 0 Å². The molecule has 16 heavy (non-hydrogen) atoms. The van der Waals surface area contributed by atoms with Gasteiger partial charge in [0.25, 0.3) is 0 Å². The fraction of sp³-hybridized carbons (Fsp3) is 0.455. The number of nitrogens with one attached hydrogen (secondary N) is 1. The summed E-state index contributed by atoms with van der Waals surface area (Å²) in [6, 6.07) is 10.1. The molecule has 0 aliphatic carbocycles. The fourth-order valence-corrected chi connectivity index (χ4v) is 3.95. The highest BCUT2D eigenvalue weighted by Crippen LogP contribution is 2.12. The van der Waals surface area contributed by atoms with Crippen LogP contribution in [0.1, 0.15) is 5.56 Å². The van der Waals surface area contributed by atoms with E-state index in [2.05, 4.69) is 5.32 Å². The zero-order chi connectivity index (χ0) is 11.4. The van der Waals surface area contributed by atoms with Gasteiger partial charge < -0.3 is 14.9 Å². The van der Waals surface area contributed by atoms with Crippen LogP contribution < -0.4 is 5.32 Å². The van der Waals surface area contributed by atoms with Crippen molar-refractivity contribution in [2.75, 3.05) is 26.2 Å². The molecule has 1 fully saturated rings. The molecule has 0 aromatic heterocycles. The van der Waals surface area contributed by atoms with Crippen molar-refractivity contribution in [1.29, 1.82) is 0 Å². The minimum Gasteiger partial charge on any atom is -0.399 e. The van der Waals surface area contributed by atoms with Crippen LogP contribution in [0.5, 0.6) is 0 Å². The molecule has 0 spiro atoms. The summed E-state index contributed by atoms with van der Waals surface area (Å²) in [6.45, 7) is 3.13. The molecule has 0 saturated carbocycles. The van der Waals surface area contributed by atoms with E-state index in [4.69, 9.17) is 0 Å². The second kappa shape index (κ2) is 5.07. The number of hydrogen-bond acceptors (Lipinski definition) is 4. The first-order valence-corrected chi connectivity index (χ1v) is 7.68. The normalized spacial score (nSPS) is 18.6. The number of benzene rings is 1. The van der Waals surface area contributed by atoms with Crippen LogP contribution in [0.15, 0.2) is 30.3 Å². The summed E-state index contributed by atoms with van der Waals surface area (Å²) in [6.07, 6.45) is 0. The van der Waals surface area contributed by atoms with Gasteiger partial charge in [-0.1, -0.05) is 30.3 Å². The van der Waals surface area contributed by atoms with Crippen molar-refractivity contribution in [1.82, 2.24) is 9.88 Å². The average molecular weight is 238 g/mol. The fourth-order valence-electron chi connectivity index (χ4n) is 2.00. The Kier molecular flexibility index (Phi) is 3.73. The SMILES string of the molecule is O[Si](O)(Cc1ccccc1)N1CCNCC1. The molecule has 5 heteroatoms. The molecule has 1 aliphatic rings. The molecule has 1 aromatic rings. The zero-order valence-electron chi connectivity index (χ0n) is 9.26. The first-order chi connectivity index (χ1) is 7.68. The molecule has 1 aromatic carbocycles. The van der Waals surface area contributed by atoms with Crippen molar-refractivity contribution in [3.05, 3.63) is 35.9 Å². The Hall–Kier alpha value is -0.723. The van der Waals surface area contributed by atoms with Gasteiger partial charge in [-0.25, -0.2) is 0 Å². The molecule has 0 bridgehead atoms. The van der Waals surface area contributed by atoms with E-state index in [0.29, 0.717) is 6.04 Å². The van der Waals surface area contributed by atoms with Gasteiger partial charge in [0, 0.05) is 32.2 Å². The maximum absolute atomic E-state index is 10.2. The van der Waals surface area contributed by atoms with Crippen molar-refractivity contribution in [3.8, 4) is 0 Å². The highest BCUT2D eigenvalue weighted by atomic mass is 28.4. The Morgan fingerprint density at radius 1 is 1.12 bits per heavy atom. The quantitative estimate of drug-likeness (QED) is 0.627. The van der Waals surface area contributed by atoms with Gasteiger partial charge in [0.1, 0.15) is 0 Å². The van der Waals surface area contributed by atoms with Crippen LogP contribution in [0.2, 0.25) is 0 Å². The summed E-state index contributed by atoms with van der Waals surface area (Å²) in [7, 11) is -3.25. The monoisotopic (exact) mass is 238 g/mol. The number of piperazine rings is 1. The van der Waals surface area contributed by atoms with Crippen molar-refractivity contribution >= 4 is 8.72 Å². The third-order valence-corrected chi connectivity index (χ3v) is 5.25. The molecule has 88 valence electrons. The molecule has 0 unspecified atom stereocenters. The molecule has 0 atom stereocenters. The summed E-state index contributed by atoms with van der Waals surface area (Å²) < 4.78 is 1.84. The lowest BCUT2D eigenvalue weighted by molar-refractivity contribution is 0.212. The Morgan fingerprint density at radius 2 is 1.75 bits per heavy atom. The van der Waals surface area contributed by atoms with Crippen molar-refractivity contribution < 1.29 is 9.59 Å². The Morgan fingerprint density at radius 3 is 2.38 bits per heavy atom. The molecule has 1 heterocycles. The summed E-state index contributed by atoms with van der Waals surface area (Å²) in [5.41, 5.74) is 0.998. The molecule has 0 radical (unpaired) electrons. The van der Waals surface area contributed by atoms with Gasteiger partial charge in [0.2, 0.25) is 0 Å². The lowest BCUT2D eigenvalue weighted by Crippen LogP contribution is -2.62. The summed E-state index contributed by atoms with van der Waals surface area (Å²) in [4.78, 5) is 20.4. The van der Waals surface area contributed by atoms with Crippen molar-refractivity contribution in [2.45, 2.75) is 6.04 Å². The molecule has 4 nitrogen and oxygen atoms in total. The van der Waals surface area contributed by atoms with E-state index in [1.165, 1.54) is 0 Å². The minimum absolute atomic E-state index is 0.383. The Labute approximate surface area is 96.9 Å². The summed E-state index contributed by atoms with van der Waals surface area (Å²) in [5.74, 6) is 0. The van der Waals surface area contributed by atoms with Crippen LogP contribution in [-0.2, 0) is 6.04 Å². The lowest BCUT2D eigenvalue weighted by atomic mass is 10.2. The number of nitrogens with zero attached hydrogens (tertiary/aromatic N) is 1. The van der Waals surface area contributed by atoms with Crippen LogP contribution in [-0.4, -0.2) is 49.1 Å². The van der Waals surface area contributed by atoms with E-state index in [1.54, 1.807) is 0 Å². The maximum Gasteiger partial charge on any atom is 0.427 e. The third kappa shape index (κ3) is 2.90. The van der Waals surface area contributed by atoms with Gasteiger partial charge in [-0.2, -0.15) is 0 Å². The Balaban J connectivity index is 2.01. The third-order valence-electron chi connectivity index (χ3n) is 2.91. The number of rotatable bonds is 3. The van der Waals surface area contributed by atoms with Crippen LogP contribution in [0.4, 0.5) is 0 Å². The second-order valence-corrected chi connectivity index (χ2v) is 6.71. The summed E-state index contributed by atoms with van der Waals surface area (Å²) >= 11 is 0. The van der Waals surface area contributed by atoms with Gasteiger partial charge >= 0.3 is 8.72 Å². The first kappa shape index (κ1) is 11.8. The molecular formula is C11H18N2O2Si. The molecular weight excluding hydrogens is 220 g/mol. The van der Waals surface area contributed by atoms with Gasteiger partial charge in [-0.3, -0.25) is 4.57 Å². The standard InChI is InChI=1S/C11H18N2O2Si/c14-16(15,13-8-6-12-7-9-13)10-11-4-2-1-3-5-11/h1-5,12,14-15H,6-10H2. The average Bonchev–Trinajstić information content (AvgIpc) is 2.31. The molecule has 0 amide bonds. The molecule has 3 N–H and O–H groups in total. The van der Waals surface area contributed by atoms with Gasteiger partial charge in [0.05, 0.1) is 0 Å². The number of hydrogen-bond donors (Lipinski definition) is 3. The van der Waals surface area contributed by atoms with E-state index >= 15 is 0 Å². The largest absolute Gasteiger partial charge is 0.427 e. The Bertz CT molecular complexity index is 326. The van der Waals surface area contributed by atoms with E-state index in [9.17, 15) is 9.59 Å². The molecule has 1 aliphatic heterocycles. The van der Waals surface area contributed by atoms with Gasteiger partial charge in [-0.05, 0) is 5.56 Å². The maximum atomic E-state index is 10.2. The smallest absolute Gasteiger partial charge is 0.399 e. The second-order valence-electron chi connectivity index (χ2n) is 4.17.